The number of hydrogen-bond acceptors (Lipinski definition) is 6. The third kappa shape index (κ3) is 3.34. The van der Waals surface area contributed by atoms with Crippen LogP contribution in [0.4, 0.5) is 0 Å². The molecule has 0 amide bonds. The van der Waals surface area contributed by atoms with E-state index in [0.717, 1.165) is 0 Å². The molecule has 0 saturated carbocycles. The molecular formula is C10H9ClO6S. The van der Waals surface area contributed by atoms with Crippen LogP contribution in [-0.4, -0.2) is 33.7 Å². The van der Waals surface area contributed by atoms with Crippen molar-refractivity contribution in [3.8, 4) is 5.75 Å². The zero-order valence-electron chi connectivity index (χ0n) is 9.04. The maximum atomic E-state index is 11.8. The average Bonchev–Trinajstić information content (AvgIpc) is 2.21. The van der Waals surface area contributed by atoms with Crippen LogP contribution in [0.1, 0.15) is 10.4 Å². The van der Waals surface area contributed by atoms with Gasteiger partial charge in [0.15, 0.2) is 5.75 Å². The highest BCUT2D eigenvalue weighted by Gasteiger charge is 2.25. The minimum Gasteiger partial charge on any atom is -0.454 e. The van der Waals surface area contributed by atoms with Crippen LogP contribution in [0.15, 0.2) is 24.3 Å². The lowest BCUT2D eigenvalue weighted by atomic mass is 10.2. The summed E-state index contributed by atoms with van der Waals surface area (Å²) in [6, 6.07) is 5.77. The highest BCUT2D eigenvalue weighted by atomic mass is 35.7. The van der Waals surface area contributed by atoms with Gasteiger partial charge in [0.05, 0.1) is 23.9 Å². The van der Waals surface area contributed by atoms with E-state index in [2.05, 4.69) is 4.18 Å². The van der Waals surface area contributed by atoms with E-state index in [9.17, 15) is 13.2 Å². The summed E-state index contributed by atoms with van der Waals surface area (Å²) < 4.78 is 36.1. The molecule has 1 fully saturated rings. The predicted octanol–water partition coefficient (Wildman–Crippen LogP) is 1.10. The smallest absolute Gasteiger partial charge is 0.401 e. The van der Waals surface area contributed by atoms with Crippen LogP contribution in [0.3, 0.4) is 0 Å². The molecule has 0 N–H and O–H groups in total. The number of esters is 1. The molecule has 18 heavy (non-hydrogen) atoms. The molecule has 1 aliphatic heterocycles. The van der Waals surface area contributed by atoms with E-state index in [-0.39, 0.29) is 17.4 Å². The topological polar surface area (TPSA) is 78.9 Å². The zero-order valence-corrected chi connectivity index (χ0v) is 10.6. The molecule has 1 aliphatic rings. The lowest BCUT2D eigenvalue weighted by Gasteiger charge is -2.25. The van der Waals surface area contributed by atoms with E-state index in [1.807, 2.05) is 0 Å². The molecule has 1 aromatic rings. The number of ether oxygens (including phenoxy) is 2. The van der Waals surface area contributed by atoms with Crippen LogP contribution in [0.2, 0.25) is 0 Å². The summed E-state index contributed by atoms with van der Waals surface area (Å²) in [6.45, 7) is 0.672. The Morgan fingerprint density at radius 1 is 1.33 bits per heavy atom. The van der Waals surface area contributed by atoms with Gasteiger partial charge in [0, 0.05) is 0 Å². The van der Waals surface area contributed by atoms with Gasteiger partial charge in [-0.15, -0.1) is 0 Å². The second kappa shape index (κ2) is 5.13. The summed E-state index contributed by atoms with van der Waals surface area (Å²) in [7, 11) is 0.753. The summed E-state index contributed by atoms with van der Waals surface area (Å²) in [5.41, 5.74) is -0.00590. The first-order chi connectivity index (χ1) is 8.46. The van der Waals surface area contributed by atoms with Crippen LogP contribution >= 0.6 is 10.7 Å². The number of carbonyl (C=O) groups is 1. The summed E-state index contributed by atoms with van der Waals surface area (Å²) in [5.74, 6) is -0.850. The van der Waals surface area contributed by atoms with Crippen LogP contribution in [0.25, 0.3) is 0 Å². The fourth-order valence-corrected chi connectivity index (χ4v) is 1.88. The van der Waals surface area contributed by atoms with E-state index in [4.69, 9.17) is 20.2 Å². The van der Waals surface area contributed by atoms with Gasteiger partial charge in [-0.25, -0.2) is 4.79 Å². The van der Waals surface area contributed by atoms with E-state index in [1.165, 1.54) is 18.2 Å². The molecule has 98 valence electrons. The number of rotatable bonds is 4. The minimum atomic E-state index is -4.21. The maximum absolute atomic E-state index is 11.8. The normalized spacial score (nSPS) is 15.8. The van der Waals surface area contributed by atoms with Crippen LogP contribution in [0, 0.1) is 0 Å². The second-order valence-corrected chi connectivity index (χ2v) is 5.62. The van der Waals surface area contributed by atoms with Crippen molar-refractivity contribution in [1.82, 2.24) is 0 Å². The van der Waals surface area contributed by atoms with Crippen molar-refractivity contribution in [3.05, 3.63) is 29.8 Å². The van der Waals surface area contributed by atoms with Crippen LogP contribution < -0.4 is 4.18 Å². The first-order valence-corrected chi connectivity index (χ1v) is 7.21. The predicted molar refractivity (Wildman–Crippen MR) is 61.9 cm³/mol. The fraction of sp³-hybridized carbons (Fsp3) is 0.300. The van der Waals surface area contributed by atoms with Gasteiger partial charge in [-0.2, -0.15) is 8.42 Å². The fourth-order valence-electron chi connectivity index (χ4n) is 1.31. The van der Waals surface area contributed by atoms with Crippen molar-refractivity contribution in [2.45, 2.75) is 6.10 Å². The van der Waals surface area contributed by atoms with Crippen molar-refractivity contribution >= 4 is 26.0 Å². The number of halogens is 1. The lowest BCUT2D eigenvalue weighted by Crippen LogP contribution is -2.37. The van der Waals surface area contributed by atoms with E-state index >= 15 is 0 Å². The second-order valence-electron chi connectivity index (χ2n) is 3.54. The number of hydrogen-bond donors (Lipinski definition) is 0. The van der Waals surface area contributed by atoms with Crippen molar-refractivity contribution in [2.24, 2.45) is 0 Å². The SMILES string of the molecule is O=C(OC1COC1)c1ccccc1OS(=O)(=O)Cl. The van der Waals surface area contributed by atoms with Crippen LogP contribution in [0.5, 0.6) is 5.75 Å². The Kier molecular flexibility index (Phi) is 3.74. The molecule has 0 bridgehead atoms. The molecule has 1 saturated heterocycles. The van der Waals surface area contributed by atoms with Gasteiger partial charge in [-0.05, 0) is 12.1 Å². The van der Waals surface area contributed by atoms with Gasteiger partial charge in [0.2, 0.25) is 0 Å². The Morgan fingerprint density at radius 3 is 2.56 bits per heavy atom. The highest BCUT2D eigenvalue weighted by molar-refractivity contribution is 8.10. The minimum absolute atomic E-state index is 0.00590. The lowest BCUT2D eigenvalue weighted by molar-refractivity contribution is -0.103. The summed E-state index contributed by atoms with van der Waals surface area (Å²) in [5, 5.41) is 0. The van der Waals surface area contributed by atoms with Gasteiger partial charge in [0.1, 0.15) is 11.7 Å². The summed E-state index contributed by atoms with van der Waals surface area (Å²) in [6.07, 6.45) is -0.307. The molecule has 6 nitrogen and oxygen atoms in total. The molecule has 2 rings (SSSR count). The van der Waals surface area contributed by atoms with Crippen molar-refractivity contribution < 1.29 is 26.9 Å². The summed E-state index contributed by atoms with van der Waals surface area (Å²) in [4.78, 5) is 11.8. The quantitative estimate of drug-likeness (QED) is 0.611. The van der Waals surface area contributed by atoms with Crippen molar-refractivity contribution in [3.63, 3.8) is 0 Å². The van der Waals surface area contributed by atoms with Crippen molar-refractivity contribution in [1.29, 1.82) is 0 Å². The van der Waals surface area contributed by atoms with Gasteiger partial charge in [-0.3, -0.25) is 0 Å². The molecule has 1 aromatic carbocycles. The Morgan fingerprint density at radius 2 is 2.00 bits per heavy atom. The summed E-state index contributed by atoms with van der Waals surface area (Å²) >= 11 is 0. The number of para-hydroxylation sites is 1. The Balaban J connectivity index is 2.18. The zero-order chi connectivity index (χ0) is 13.2. The van der Waals surface area contributed by atoms with Gasteiger partial charge < -0.3 is 13.7 Å². The number of benzene rings is 1. The largest absolute Gasteiger partial charge is 0.454 e. The monoisotopic (exact) mass is 292 g/mol. The molecule has 0 spiro atoms. The highest BCUT2D eigenvalue weighted by Crippen LogP contribution is 2.23. The molecule has 0 unspecified atom stereocenters. The third-order valence-corrected chi connectivity index (χ3v) is 2.75. The first-order valence-electron chi connectivity index (χ1n) is 4.97. The van der Waals surface area contributed by atoms with E-state index < -0.39 is 15.3 Å². The first kappa shape index (κ1) is 13.1. The van der Waals surface area contributed by atoms with Gasteiger partial charge in [0.25, 0.3) is 0 Å². The molecule has 1 heterocycles. The molecule has 0 atom stereocenters. The van der Waals surface area contributed by atoms with Crippen LogP contribution in [-0.2, 0) is 18.8 Å². The Hall–Kier alpha value is -1.31. The molecule has 0 aliphatic carbocycles. The standard InChI is InChI=1S/C10H9ClO6S/c11-18(13,14)17-9-4-2-1-3-8(9)10(12)16-7-5-15-6-7/h1-4,7H,5-6H2. The average molecular weight is 293 g/mol. The third-order valence-electron chi connectivity index (χ3n) is 2.18. The number of carbonyl (C=O) groups excluding carboxylic acids is 1. The van der Waals surface area contributed by atoms with Gasteiger partial charge >= 0.3 is 15.3 Å². The van der Waals surface area contributed by atoms with E-state index in [1.54, 1.807) is 6.07 Å². The van der Waals surface area contributed by atoms with Crippen molar-refractivity contribution in [2.75, 3.05) is 13.2 Å². The van der Waals surface area contributed by atoms with Gasteiger partial charge in [-0.1, -0.05) is 12.1 Å². The van der Waals surface area contributed by atoms with E-state index in [0.29, 0.717) is 13.2 Å². The maximum Gasteiger partial charge on any atom is 0.401 e. The molecule has 0 aromatic heterocycles. The Bertz CT molecular complexity index is 551. The molecule has 0 radical (unpaired) electrons. The Labute approximate surface area is 108 Å². The molecule has 8 heteroatoms. The molecular weight excluding hydrogens is 284 g/mol.